The quantitative estimate of drug-likeness (QED) is 0.923. The average Bonchev–Trinajstić information content (AvgIpc) is 2.50. The minimum atomic E-state index is -0.476. The third kappa shape index (κ3) is 3.99. The van der Waals surface area contributed by atoms with Gasteiger partial charge >= 0.3 is 6.03 Å². The van der Waals surface area contributed by atoms with Crippen LogP contribution in [0, 0.1) is 13.8 Å². The molecule has 0 unspecified atom stereocenters. The lowest BCUT2D eigenvalue weighted by Gasteiger charge is -2.36. The van der Waals surface area contributed by atoms with Crippen molar-refractivity contribution >= 4 is 6.03 Å². The average molecular weight is 305 g/mol. The minimum absolute atomic E-state index is 0.0642. The zero-order chi connectivity index (χ0) is 16.3. The van der Waals surface area contributed by atoms with Crippen LogP contribution in [0.3, 0.4) is 0 Å². The van der Waals surface area contributed by atoms with Crippen molar-refractivity contribution in [2.75, 3.05) is 46.8 Å². The van der Waals surface area contributed by atoms with Crippen LogP contribution < -0.4 is 0 Å². The summed E-state index contributed by atoms with van der Waals surface area (Å²) in [5.74, 6) is 0. The molecule has 22 heavy (non-hydrogen) atoms. The molecule has 1 saturated heterocycles. The van der Waals surface area contributed by atoms with Gasteiger partial charge in [-0.25, -0.2) is 4.79 Å². The summed E-state index contributed by atoms with van der Waals surface area (Å²) in [5, 5.41) is 10.4. The number of hydrogen-bond donors (Lipinski definition) is 1. The van der Waals surface area contributed by atoms with Crippen LogP contribution in [0.2, 0.25) is 0 Å². The largest absolute Gasteiger partial charge is 0.387 e. The summed E-state index contributed by atoms with van der Waals surface area (Å²) >= 11 is 0. The second-order valence-electron chi connectivity index (χ2n) is 6.32. The molecule has 1 aromatic carbocycles. The lowest BCUT2D eigenvalue weighted by Crippen LogP contribution is -2.52. The summed E-state index contributed by atoms with van der Waals surface area (Å²) < 4.78 is 0. The van der Waals surface area contributed by atoms with Crippen LogP contribution in [-0.2, 0) is 0 Å². The molecule has 2 amide bonds. The van der Waals surface area contributed by atoms with Gasteiger partial charge in [0.15, 0.2) is 0 Å². The molecule has 1 aliphatic rings. The fourth-order valence-electron chi connectivity index (χ4n) is 2.73. The fraction of sp³-hybridized carbons (Fsp3) is 0.588. The Bertz CT molecular complexity index is 523. The fourth-order valence-corrected chi connectivity index (χ4v) is 2.73. The Hall–Kier alpha value is -1.59. The van der Waals surface area contributed by atoms with E-state index in [0.717, 1.165) is 31.7 Å². The highest BCUT2D eigenvalue weighted by Gasteiger charge is 2.23. The Morgan fingerprint density at radius 3 is 2.36 bits per heavy atom. The maximum atomic E-state index is 11.9. The molecule has 1 fully saturated rings. The maximum absolute atomic E-state index is 11.9. The molecule has 1 heterocycles. The topological polar surface area (TPSA) is 47.0 Å². The molecular weight excluding hydrogens is 278 g/mol. The van der Waals surface area contributed by atoms with Gasteiger partial charge in [0, 0.05) is 46.8 Å². The molecule has 0 spiro atoms. The predicted molar refractivity (Wildman–Crippen MR) is 88.0 cm³/mol. The number of nitrogens with zero attached hydrogens (tertiary/aromatic N) is 3. The first-order valence-electron chi connectivity index (χ1n) is 7.82. The summed E-state index contributed by atoms with van der Waals surface area (Å²) in [7, 11) is 3.55. The Labute approximate surface area is 133 Å². The lowest BCUT2D eigenvalue weighted by molar-refractivity contribution is 0.0762. The van der Waals surface area contributed by atoms with Crippen LogP contribution in [-0.4, -0.2) is 72.7 Å². The highest BCUT2D eigenvalue weighted by Crippen LogP contribution is 2.19. The summed E-state index contributed by atoms with van der Waals surface area (Å²) in [6.07, 6.45) is -0.476. The van der Waals surface area contributed by atoms with E-state index in [1.54, 1.807) is 19.0 Å². The molecule has 5 nitrogen and oxygen atoms in total. The van der Waals surface area contributed by atoms with Gasteiger partial charge in [0.1, 0.15) is 0 Å². The molecule has 122 valence electrons. The number of piperazine rings is 1. The van der Waals surface area contributed by atoms with Crippen LogP contribution in [0.4, 0.5) is 4.79 Å². The first-order chi connectivity index (χ1) is 10.4. The number of rotatable bonds is 3. The molecule has 1 aromatic rings. The highest BCUT2D eigenvalue weighted by atomic mass is 16.3. The van der Waals surface area contributed by atoms with Crippen molar-refractivity contribution in [2.45, 2.75) is 20.0 Å². The lowest BCUT2D eigenvalue weighted by atomic mass is 10.0. The number of benzene rings is 1. The zero-order valence-corrected chi connectivity index (χ0v) is 14.0. The SMILES string of the molecule is Cc1ccc([C@@H](O)CN2CCN(C(=O)N(C)C)CC2)cc1C. The number of urea groups is 1. The number of aryl methyl sites for hydroxylation is 2. The first-order valence-corrected chi connectivity index (χ1v) is 7.82. The van der Waals surface area contributed by atoms with E-state index in [1.165, 1.54) is 11.1 Å². The molecule has 1 atom stereocenters. The zero-order valence-electron chi connectivity index (χ0n) is 14.0. The van der Waals surface area contributed by atoms with Crippen molar-refractivity contribution in [3.8, 4) is 0 Å². The van der Waals surface area contributed by atoms with Crippen molar-refractivity contribution in [2.24, 2.45) is 0 Å². The number of amides is 2. The maximum Gasteiger partial charge on any atom is 0.319 e. The molecule has 1 aliphatic heterocycles. The molecule has 2 rings (SSSR count). The first kappa shape index (κ1) is 16.8. The number of aliphatic hydroxyl groups is 1. The van der Waals surface area contributed by atoms with Gasteiger partial charge in [-0.2, -0.15) is 0 Å². The van der Waals surface area contributed by atoms with E-state index in [4.69, 9.17) is 0 Å². The summed E-state index contributed by atoms with van der Waals surface area (Å²) in [6, 6.07) is 6.18. The highest BCUT2D eigenvalue weighted by molar-refractivity contribution is 5.73. The van der Waals surface area contributed by atoms with E-state index in [1.807, 2.05) is 11.0 Å². The second-order valence-corrected chi connectivity index (χ2v) is 6.32. The molecule has 0 radical (unpaired) electrons. The van der Waals surface area contributed by atoms with Gasteiger partial charge in [0.25, 0.3) is 0 Å². The van der Waals surface area contributed by atoms with Crippen LogP contribution in [0.5, 0.6) is 0 Å². The number of carbonyl (C=O) groups is 1. The van der Waals surface area contributed by atoms with Crippen LogP contribution >= 0.6 is 0 Å². The third-order valence-corrected chi connectivity index (χ3v) is 4.37. The van der Waals surface area contributed by atoms with Crippen LogP contribution in [0.1, 0.15) is 22.8 Å². The van der Waals surface area contributed by atoms with Crippen molar-refractivity contribution in [3.63, 3.8) is 0 Å². The molecule has 1 N–H and O–H groups in total. The minimum Gasteiger partial charge on any atom is -0.387 e. The van der Waals surface area contributed by atoms with E-state index in [0.29, 0.717) is 6.54 Å². The van der Waals surface area contributed by atoms with E-state index in [-0.39, 0.29) is 6.03 Å². The monoisotopic (exact) mass is 305 g/mol. The summed E-state index contributed by atoms with van der Waals surface area (Å²) in [5.41, 5.74) is 3.42. The smallest absolute Gasteiger partial charge is 0.319 e. The van der Waals surface area contributed by atoms with Gasteiger partial charge < -0.3 is 14.9 Å². The Balaban J connectivity index is 1.87. The van der Waals surface area contributed by atoms with Crippen LogP contribution in [0.15, 0.2) is 18.2 Å². The predicted octanol–water partition coefficient (Wildman–Crippen LogP) is 1.64. The number of hydrogen-bond acceptors (Lipinski definition) is 3. The number of β-amino-alcohol motifs (C(OH)–C–C–N with tert-alkyl or cyclic N) is 1. The molecular formula is C17H27N3O2. The van der Waals surface area contributed by atoms with Gasteiger partial charge in [0.2, 0.25) is 0 Å². The molecule has 0 bridgehead atoms. The second kappa shape index (κ2) is 7.11. The summed E-state index contributed by atoms with van der Waals surface area (Å²) in [6.45, 7) is 7.81. The normalized spacial score (nSPS) is 17.4. The van der Waals surface area contributed by atoms with E-state index >= 15 is 0 Å². The molecule has 0 saturated carbocycles. The molecule has 0 aliphatic carbocycles. The van der Waals surface area contributed by atoms with Crippen molar-refractivity contribution in [1.29, 1.82) is 0 Å². The van der Waals surface area contributed by atoms with E-state index in [9.17, 15) is 9.90 Å². The Kier molecular flexibility index (Phi) is 5.42. The van der Waals surface area contributed by atoms with Gasteiger partial charge in [-0.05, 0) is 30.5 Å². The third-order valence-electron chi connectivity index (χ3n) is 4.37. The molecule has 0 aromatic heterocycles. The standard InChI is InChI=1S/C17H27N3O2/c1-13-5-6-15(11-14(13)2)16(21)12-19-7-9-20(10-8-19)17(22)18(3)4/h5-6,11,16,21H,7-10,12H2,1-4H3/t16-/m0/s1. The van der Waals surface area contributed by atoms with Gasteiger partial charge in [0.05, 0.1) is 6.10 Å². The van der Waals surface area contributed by atoms with E-state index in [2.05, 4.69) is 30.9 Å². The van der Waals surface area contributed by atoms with Gasteiger partial charge in [-0.15, -0.1) is 0 Å². The van der Waals surface area contributed by atoms with Crippen molar-refractivity contribution < 1.29 is 9.90 Å². The van der Waals surface area contributed by atoms with Crippen molar-refractivity contribution in [3.05, 3.63) is 34.9 Å². The summed E-state index contributed by atoms with van der Waals surface area (Å²) in [4.78, 5) is 17.6. The van der Waals surface area contributed by atoms with Gasteiger partial charge in [-0.1, -0.05) is 18.2 Å². The Morgan fingerprint density at radius 2 is 1.82 bits per heavy atom. The van der Waals surface area contributed by atoms with Gasteiger partial charge in [-0.3, -0.25) is 4.90 Å². The molecule has 5 heteroatoms. The Morgan fingerprint density at radius 1 is 1.18 bits per heavy atom. The van der Waals surface area contributed by atoms with Crippen molar-refractivity contribution in [1.82, 2.24) is 14.7 Å². The van der Waals surface area contributed by atoms with Crippen LogP contribution in [0.25, 0.3) is 0 Å². The number of aliphatic hydroxyl groups excluding tert-OH is 1. The number of carbonyl (C=O) groups excluding carboxylic acids is 1. The van der Waals surface area contributed by atoms with E-state index < -0.39 is 6.10 Å².